The minimum atomic E-state index is -0.527. The van der Waals surface area contributed by atoms with Crippen molar-refractivity contribution in [2.24, 2.45) is 0 Å². The predicted octanol–water partition coefficient (Wildman–Crippen LogP) is 6.59. The minimum absolute atomic E-state index is 0.00959. The average molecular weight is 605 g/mol. The molecule has 0 bridgehead atoms. The van der Waals surface area contributed by atoms with Gasteiger partial charge in [-0.15, -0.1) is 0 Å². The van der Waals surface area contributed by atoms with Gasteiger partial charge in [-0.25, -0.2) is 18.7 Å². The first kappa shape index (κ1) is 28.5. The van der Waals surface area contributed by atoms with Crippen molar-refractivity contribution in [2.45, 2.75) is 39.3 Å². The van der Waals surface area contributed by atoms with Crippen molar-refractivity contribution >= 4 is 28.3 Å². The first-order chi connectivity index (χ1) is 21.7. The van der Waals surface area contributed by atoms with Gasteiger partial charge in [-0.05, 0) is 69.7 Å². The fourth-order valence-corrected chi connectivity index (χ4v) is 5.97. The first-order valence-electron chi connectivity index (χ1n) is 14.9. The van der Waals surface area contributed by atoms with Crippen molar-refractivity contribution in [3.63, 3.8) is 0 Å². The summed E-state index contributed by atoms with van der Waals surface area (Å²) in [6, 6.07) is 17.3. The predicted molar refractivity (Wildman–Crippen MR) is 171 cm³/mol. The second kappa shape index (κ2) is 11.0. The average Bonchev–Trinajstić information content (AvgIpc) is 3.67. The molecular weight excluding hydrogens is 571 g/mol. The number of amides is 1. The van der Waals surface area contributed by atoms with E-state index in [-0.39, 0.29) is 18.0 Å². The van der Waals surface area contributed by atoms with E-state index in [0.717, 1.165) is 33.6 Å². The molecule has 1 unspecified atom stereocenters. The number of nitrogens with zero attached hydrogens (tertiary/aromatic N) is 7. The Morgan fingerprint density at radius 2 is 1.76 bits per heavy atom. The van der Waals surface area contributed by atoms with Gasteiger partial charge in [-0.3, -0.25) is 10.1 Å². The highest BCUT2D eigenvalue weighted by Gasteiger charge is 2.31. The Morgan fingerprint density at radius 1 is 0.978 bits per heavy atom. The van der Waals surface area contributed by atoms with Crippen molar-refractivity contribution in [1.82, 2.24) is 34.7 Å². The van der Waals surface area contributed by atoms with E-state index in [2.05, 4.69) is 44.3 Å². The summed E-state index contributed by atoms with van der Waals surface area (Å²) in [5.74, 6) is -0.373. The molecule has 0 radical (unpaired) electrons. The van der Waals surface area contributed by atoms with Crippen LogP contribution in [0.1, 0.15) is 27.7 Å². The zero-order chi connectivity index (χ0) is 31.3. The van der Waals surface area contributed by atoms with Crippen molar-refractivity contribution in [3.8, 4) is 33.6 Å². The lowest BCUT2D eigenvalue weighted by Gasteiger charge is -2.41. The lowest BCUT2D eigenvalue weighted by atomic mass is 9.98. The maximum atomic E-state index is 14.6. The monoisotopic (exact) mass is 604 g/mol. The molecule has 0 aliphatic carbocycles. The van der Waals surface area contributed by atoms with Gasteiger partial charge in [0.05, 0.1) is 17.5 Å². The summed E-state index contributed by atoms with van der Waals surface area (Å²) in [5, 5.41) is 12.6. The Morgan fingerprint density at radius 3 is 2.49 bits per heavy atom. The lowest BCUT2D eigenvalue weighted by Crippen LogP contribution is -2.55. The molecule has 0 saturated carbocycles. The molecule has 1 aliphatic rings. The van der Waals surface area contributed by atoms with Gasteiger partial charge in [0.2, 0.25) is 0 Å². The third-order valence-electron chi connectivity index (χ3n) is 8.09. The smallest absolute Gasteiger partial charge is 0.410 e. The normalized spacial score (nSPS) is 15.6. The Labute approximate surface area is 259 Å². The highest BCUT2D eigenvalue weighted by atomic mass is 19.1. The number of aromatic nitrogens is 6. The molecule has 10 nitrogen and oxygen atoms in total. The highest BCUT2D eigenvalue weighted by Crippen LogP contribution is 2.39. The second-order valence-corrected chi connectivity index (χ2v) is 12.3. The van der Waals surface area contributed by atoms with E-state index in [1.54, 1.807) is 35.8 Å². The van der Waals surface area contributed by atoms with Crippen LogP contribution in [0.25, 0.3) is 50.2 Å². The van der Waals surface area contributed by atoms with Crippen molar-refractivity contribution in [3.05, 3.63) is 85.2 Å². The van der Waals surface area contributed by atoms with Gasteiger partial charge >= 0.3 is 6.09 Å². The number of hydrogen-bond donors (Lipinski definition) is 1. The molecule has 1 fully saturated rings. The van der Waals surface area contributed by atoms with Crippen LogP contribution in [-0.4, -0.2) is 72.0 Å². The zero-order valence-electron chi connectivity index (χ0n) is 25.5. The van der Waals surface area contributed by atoms with Crippen LogP contribution in [-0.2, 0) is 4.74 Å². The van der Waals surface area contributed by atoms with Gasteiger partial charge in [0.1, 0.15) is 22.6 Å². The largest absolute Gasteiger partial charge is 0.444 e. The summed E-state index contributed by atoms with van der Waals surface area (Å²) in [5.41, 5.74) is 6.49. The third-order valence-corrected chi connectivity index (χ3v) is 8.09. The van der Waals surface area contributed by atoms with Crippen molar-refractivity contribution in [1.29, 1.82) is 0 Å². The van der Waals surface area contributed by atoms with Crippen LogP contribution in [0.5, 0.6) is 0 Å². The van der Waals surface area contributed by atoms with Crippen molar-refractivity contribution in [2.75, 3.05) is 24.5 Å². The number of rotatable bonds is 4. The summed E-state index contributed by atoms with van der Waals surface area (Å²) in [4.78, 5) is 25.7. The molecule has 7 rings (SSSR count). The van der Waals surface area contributed by atoms with Crippen LogP contribution in [0.15, 0.2) is 79.4 Å². The van der Waals surface area contributed by atoms with Gasteiger partial charge < -0.3 is 14.5 Å². The van der Waals surface area contributed by atoms with Crippen molar-refractivity contribution < 1.29 is 13.9 Å². The van der Waals surface area contributed by atoms with E-state index in [1.165, 1.54) is 6.07 Å². The number of piperazine rings is 1. The number of ether oxygens (including phenoxy) is 1. The highest BCUT2D eigenvalue weighted by molar-refractivity contribution is 6.03. The fraction of sp³-hybridized carbons (Fsp3) is 0.265. The van der Waals surface area contributed by atoms with Gasteiger partial charge in [-0.2, -0.15) is 10.2 Å². The number of aromatic amines is 1. The van der Waals surface area contributed by atoms with Crippen LogP contribution < -0.4 is 4.90 Å². The molecule has 45 heavy (non-hydrogen) atoms. The molecule has 1 saturated heterocycles. The number of nitrogens with one attached hydrogen (secondary N) is 1. The molecule has 5 heterocycles. The summed E-state index contributed by atoms with van der Waals surface area (Å²) < 4.78 is 22.1. The SMILES string of the molecule is CC1CN(c2ccc(-c3ccnc4c(-c5ccc(F)c6[nH]ncc56)c(-c5ccncc5)nn34)cc2)CCN1C(=O)OC(C)(C)C. The zero-order valence-corrected chi connectivity index (χ0v) is 25.5. The molecule has 1 N–H and O–H groups in total. The van der Waals surface area contributed by atoms with Gasteiger partial charge in [0, 0.05) is 66.5 Å². The number of fused-ring (bicyclic) bond motifs is 2. The molecule has 6 aromatic rings. The molecule has 0 spiro atoms. The Bertz CT molecular complexity index is 2010. The number of H-pyrrole nitrogens is 1. The lowest BCUT2D eigenvalue weighted by molar-refractivity contribution is 0.0159. The standard InChI is InChI=1S/C34H33FN8O2/c1-21-20-41(17-18-42(21)33(44)45-34(2,3)4)24-7-5-22(6-8-24)28-13-16-37-32-29(25-9-10-27(35)31-26(25)19-38-39-31)30(40-43(28)32)23-11-14-36-15-12-23/h5-16,19,21H,17-18,20H2,1-4H3,(H,38,39). The van der Waals surface area contributed by atoms with Crippen LogP contribution in [0, 0.1) is 5.82 Å². The minimum Gasteiger partial charge on any atom is -0.444 e. The van der Waals surface area contributed by atoms with Gasteiger partial charge in [-0.1, -0.05) is 18.2 Å². The van der Waals surface area contributed by atoms with Crippen LogP contribution >= 0.6 is 0 Å². The number of halogens is 1. The molecule has 1 amide bonds. The third kappa shape index (κ3) is 5.24. The number of carbonyl (C=O) groups excluding carboxylic acids is 1. The van der Waals surface area contributed by atoms with E-state index in [9.17, 15) is 9.18 Å². The quantitative estimate of drug-likeness (QED) is 0.242. The molecule has 228 valence electrons. The molecule has 1 atom stereocenters. The Balaban J connectivity index is 1.24. The molecule has 2 aromatic carbocycles. The van der Waals surface area contributed by atoms with E-state index in [4.69, 9.17) is 14.8 Å². The second-order valence-electron chi connectivity index (χ2n) is 12.3. The topological polar surface area (TPSA) is 105 Å². The molecular formula is C34H33FN8O2. The molecule has 1 aliphatic heterocycles. The fourth-order valence-electron chi connectivity index (χ4n) is 5.97. The summed E-state index contributed by atoms with van der Waals surface area (Å²) in [6.45, 7) is 9.70. The number of hydrogen-bond acceptors (Lipinski definition) is 7. The Hall–Kier alpha value is -5.32. The van der Waals surface area contributed by atoms with E-state index < -0.39 is 5.60 Å². The van der Waals surface area contributed by atoms with Gasteiger partial charge in [0.25, 0.3) is 0 Å². The number of benzene rings is 2. The molecule has 11 heteroatoms. The van der Waals surface area contributed by atoms with E-state index in [1.807, 2.05) is 50.4 Å². The summed E-state index contributed by atoms with van der Waals surface area (Å²) in [6.07, 6.45) is 6.58. The van der Waals surface area contributed by atoms with E-state index in [0.29, 0.717) is 41.9 Å². The Kier molecular flexibility index (Phi) is 6.95. The van der Waals surface area contributed by atoms with Gasteiger partial charge in [0.15, 0.2) is 5.65 Å². The number of carbonyl (C=O) groups is 1. The summed E-state index contributed by atoms with van der Waals surface area (Å²) in [7, 11) is 0. The summed E-state index contributed by atoms with van der Waals surface area (Å²) >= 11 is 0. The maximum Gasteiger partial charge on any atom is 0.410 e. The van der Waals surface area contributed by atoms with Crippen LogP contribution in [0.4, 0.5) is 14.9 Å². The number of anilines is 1. The van der Waals surface area contributed by atoms with Crippen LogP contribution in [0.3, 0.4) is 0 Å². The van der Waals surface area contributed by atoms with Crippen LogP contribution in [0.2, 0.25) is 0 Å². The van der Waals surface area contributed by atoms with E-state index >= 15 is 0 Å². The first-order valence-corrected chi connectivity index (χ1v) is 14.9. The maximum absolute atomic E-state index is 14.6. The number of pyridine rings is 1. The molecule has 4 aromatic heterocycles.